The summed E-state index contributed by atoms with van der Waals surface area (Å²) in [5.74, 6) is 0.790. The zero-order valence-electron chi connectivity index (χ0n) is 9.98. The van der Waals surface area contributed by atoms with Crippen LogP contribution in [0.5, 0.6) is 0 Å². The lowest BCUT2D eigenvalue weighted by atomic mass is 9.99. The maximum atomic E-state index is 11.8. The van der Waals surface area contributed by atoms with E-state index in [-0.39, 0.29) is 18.6 Å². The van der Waals surface area contributed by atoms with Gasteiger partial charge in [-0.2, -0.15) is 0 Å². The molecular formula is C12H22N2O2. The molecule has 1 amide bonds. The first-order chi connectivity index (χ1) is 7.72. The summed E-state index contributed by atoms with van der Waals surface area (Å²) in [5.41, 5.74) is 0. The third-order valence-corrected chi connectivity index (χ3v) is 4.00. The molecule has 0 bridgehead atoms. The molecule has 4 nitrogen and oxygen atoms in total. The Morgan fingerprint density at radius 1 is 1.44 bits per heavy atom. The second-order valence-corrected chi connectivity index (χ2v) is 5.08. The van der Waals surface area contributed by atoms with Crippen molar-refractivity contribution in [3.63, 3.8) is 0 Å². The van der Waals surface area contributed by atoms with Crippen LogP contribution in [0, 0.1) is 5.92 Å². The van der Waals surface area contributed by atoms with E-state index in [0.29, 0.717) is 12.0 Å². The lowest BCUT2D eigenvalue weighted by Gasteiger charge is -2.23. The van der Waals surface area contributed by atoms with E-state index in [4.69, 9.17) is 5.11 Å². The van der Waals surface area contributed by atoms with Gasteiger partial charge in [-0.15, -0.1) is 0 Å². The van der Waals surface area contributed by atoms with E-state index < -0.39 is 0 Å². The molecule has 1 saturated heterocycles. The lowest BCUT2D eigenvalue weighted by Crippen LogP contribution is -2.44. The van der Waals surface area contributed by atoms with E-state index in [1.165, 1.54) is 12.8 Å². The van der Waals surface area contributed by atoms with E-state index in [1.54, 1.807) is 4.90 Å². The molecule has 0 radical (unpaired) electrons. The van der Waals surface area contributed by atoms with Crippen LogP contribution in [-0.2, 0) is 4.79 Å². The van der Waals surface area contributed by atoms with Crippen molar-refractivity contribution in [2.45, 2.75) is 44.2 Å². The molecule has 3 atom stereocenters. The molecule has 0 spiro atoms. The number of amides is 1. The summed E-state index contributed by atoms with van der Waals surface area (Å²) in [7, 11) is 1.86. The smallest absolute Gasteiger partial charge is 0.239 e. The maximum absolute atomic E-state index is 11.8. The van der Waals surface area contributed by atoms with Crippen LogP contribution in [0.15, 0.2) is 0 Å². The van der Waals surface area contributed by atoms with Gasteiger partial charge in [-0.05, 0) is 31.6 Å². The molecule has 0 aromatic rings. The summed E-state index contributed by atoms with van der Waals surface area (Å²) in [6, 6.07) is 0.460. The highest BCUT2D eigenvalue weighted by Gasteiger charge is 2.34. The van der Waals surface area contributed by atoms with Gasteiger partial charge >= 0.3 is 0 Å². The van der Waals surface area contributed by atoms with Crippen LogP contribution in [0.4, 0.5) is 0 Å². The van der Waals surface area contributed by atoms with Gasteiger partial charge in [0.2, 0.25) is 5.91 Å². The standard InChI is InChI=1S/C12H22N2O2/c1-14-7-5-11(12(14)16)13-10-4-2-3-9(10)6-8-15/h9-11,13,15H,2-8H2,1H3. The molecule has 1 saturated carbocycles. The predicted molar refractivity (Wildman–Crippen MR) is 62.0 cm³/mol. The van der Waals surface area contributed by atoms with Crippen molar-refractivity contribution in [2.75, 3.05) is 20.2 Å². The molecule has 3 unspecified atom stereocenters. The van der Waals surface area contributed by atoms with Crippen LogP contribution in [0.25, 0.3) is 0 Å². The number of nitrogens with one attached hydrogen (secondary N) is 1. The molecule has 1 aliphatic carbocycles. The Kier molecular flexibility index (Phi) is 3.82. The minimum Gasteiger partial charge on any atom is -0.396 e. The van der Waals surface area contributed by atoms with Gasteiger partial charge in [0.15, 0.2) is 0 Å². The molecule has 2 rings (SSSR count). The van der Waals surface area contributed by atoms with Gasteiger partial charge in [-0.25, -0.2) is 0 Å². The summed E-state index contributed by atoms with van der Waals surface area (Å²) in [5, 5.41) is 12.5. The fourth-order valence-corrected chi connectivity index (χ4v) is 3.00. The number of rotatable bonds is 4. The van der Waals surface area contributed by atoms with Crippen LogP contribution < -0.4 is 5.32 Å². The first-order valence-electron chi connectivity index (χ1n) is 6.34. The normalized spacial score (nSPS) is 35.0. The summed E-state index contributed by atoms with van der Waals surface area (Å²) in [6.45, 7) is 1.13. The quantitative estimate of drug-likeness (QED) is 0.727. The average Bonchev–Trinajstić information content (AvgIpc) is 2.82. The monoisotopic (exact) mass is 226 g/mol. The number of likely N-dealkylation sites (tertiary alicyclic amines) is 1. The second kappa shape index (κ2) is 5.15. The molecule has 4 heteroatoms. The minimum atomic E-state index is 0.0225. The third-order valence-electron chi connectivity index (χ3n) is 4.00. The molecule has 0 aromatic carbocycles. The Bertz CT molecular complexity index is 257. The number of hydrogen-bond donors (Lipinski definition) is 2. The topological polar surface area (TPSA) is 52.6 Å². The Morgan fingerprint density at radius 3 is 2.88 bits per heavy atom. The lowest BCUT2D eigenvalue weighted by molar-refractivity contribution is -0.128. The molecule has 1 aliphatic heterocycles. The molecule has 16 heavy (non-hydrogen) atoms. The van der Waals surface area contributed by atoms with E-state index in [9.17, 15) is 4.79 Å². The summed E-state index contributed by atoms with van der Waals surface area (Å²) < 4.78 is 0. The fourth-order valence-electron chi connectivity index (χ4n) is 3.00. The highest BCUT2D eigenvalue weighted by Crippen LogP contribution is 2.29. The van der Waals surface area contributed by atoms with E-state index in [0.717, 1.165) is 25.8 Å². The number of carbonyl (C=O) groups is 1. The first kappa shape index (κ1) is 11.9. The van der Waals surface area contributed by atoms with E-state index in [2.05, 4.69) is 5.32 Å². The SMILES string of the molecule is CN1CCC(NC2CCCC2CCO)C1=O. The van der Waals surface area contributed by atoms with Crippen molar-refractivity contribution in [1.82, 2.24) is 10.2 Å². The highest BCUT2D eigenvalue weighted by molar-refractivity contribution is 5.83. The van der Waals surface area contributed by atoms with Crippen molar-refractivity contribution in [2.24, 2.45) is 5.92 Å². The summed E-state index contributed by atoms with van der Waals surface area (Å²) in [6.07, 6.45) is 5.36. The number of nitrogens with zero attached hydrogens (tertiary/aromatic N) is 1. The summed E-state index contributed by atoms with van der Waals surface area (Å²) in [4.78, 5) is 13.6. The molecule has 1 heterocycles. The van der Waals surface area contributed by atoms with Crippen LogP contribution in [0.3, 0.4) is 0 Å². The second-order valence-electron chi connectivity index (χ2n) is 5.08. The Hall–Kier alpha value is -0.610. The van der Waals surface area contributed by atoms with Crippen LogP contribution in [0.1, 0.15) is 32.1 Å². The molecule has 92 valence electrons. The van der Waals surface area contributed by atoms with E-state index in [1.807, 2.05) is 7.05 Å². The number of hydrogen-bond acceptors (Lipinski definition) is 3. The zero-order valence-corrected chi connectivity index (χ0v) is 9.98. The van der Waals surface area contributed by atoms with Crippen LogP contribution in [-0.4, -0.2) is 48.2 Å². The largest absolute Gasteiger partial charge is 0.396 e. The minimum absolute atomic E-state index is 0.0225. The third kappa shape index (κ3) is 2.38. The van der Waals surface area contributed by atoms with Gasteiger partial charge in [0.05, 0.1) is 6.04 Å². The number of likely N-dealkylation sites (N-methyl/N-ethyl adjacent to an activating group) is 1. The number of aliphatic hydroxyl groups excluding tert-OH is 1. The summed E-state index contributed by atoms with van der Waals surface area (Å²) >= 11 is 0. The van der Waals surface area contributed by atoms with Gasteiger partial charge in [0, 0.05) is 26.2 Å². The maximum Gasteiger partial charge on any atom is 0.239 e. The zero-order chi connectivity index (χ0) is 11.5. The Balaban J connectivity index is 1.86. The van der Waals surface area contributed by atoms with Crippen LogP contribution in [0.2, 0.25) is 0 Å². The Labute approximate surface area is 97.0 Å². The van der Waals surface area contributed by atoms with Gasteiger partial charge in [0.1, 0.15) is 0 Å². The molecular weight excluding hydrogens is 204 g/mol. The van der Waals surface area contributed by atoms with Crippen molar-refractivity contribution in [3.05, 3.63) is 0 Å². The first-order valence-corrected chi connectivity index (χ1v) is 6.34. The van der Waals surface area contributed by atoms with Crippen molar-refractivity contribution in [3.8, 4) is 0 Å². The fraction of sp³-hybridized carbons (Fsp3) is 0.917. The van der Waals surface area contributed by atoms with Crippen molar-refractivity contribution < 1.29 is 9.90 Å². The van der Waals surface area contributed by atoms with Gasteiger partial charge in [-0.3, -0.25) is 4.79 Å². The Morgan fingerprint density at radius 2 is 2.25 bits per heavy atom. The molecule has 2 N–H and O–H groups in total. The van der Waals surface area contributed by atoms with Crippen molar-refractivity contribution in [1.29, 1.82) is 0 Å². The molecule has 0 aromatic heterocycles. The molecule has 2 aliphatic rings. The highest BCUT2D eigenvalue weighted by atomic mass is 16.3. The van der Waals surface area contributed by atoms with Crippen molar-refractivity contribution >= 4 is 5.91 Å². The van der Waals surface area contributed by atoms with Gasteiger partial charge in [-0.1, -0.05) is 6.42 Å². The van der Waals surface area contributed by atoms with E-state index >= 15 is 0 Å². The predicted octanol–water partition coefficient (Wildman–Crippen LogP) is 0.358. The van der Waals surface area contributed by atoms with Gasteiger partial charge in [0.25, 0.3) is 0 Å². The number of carbonyl (C=O) groups excluding carboxylic acids is 1. The average molecular weight is 226 g/mol. The molecule has 2 fully saturated rings. The van der Waals surface area contributed by atoms with Crippen LogP contribution >= 0.6 is 0 Å². The number of aliphatic hydroxyl groups is 1. The van der Waals surface area contributed by atoms with Gasteiger partial charge < -0.3 is 15.3 Å².